The number of ether oxygens (including phenoxy) is 1. The molecule has 1 aromatic rings. The van der Waals surface area contributed by atoms with Crippen LogP contribution in [0, 0.1) is 0 Å². The van der Waals surface area contributed by atoms with Crippen LogP contribution in [0.4, 0.5) is 4.79 Å². The minimum absolute atomic E-state index is 0.0258. The molecule has 2 N–H and O–H groups in total. The van der Waals surface area contributed by atoms with Crippen LogP contribution in [0.15, 0.2) is 30.3 Å². The van der Waals surface area contributed by atoms with Crippen LogP contribution in [0.25, 0.3) is 0 Å². The third kappa shape index (κ3) is 6.57. The van der Waals surface area contributed by atoms with Gasteiger partial charge in [-0.3, -0.25) is 0 Å². The first-order chi connectivity index (χ1) is 9.11. The molecule has 0 unspecified atom stereocenters. The molecule has 1 rings (SSSR count). The fourth-order valence-electron chi connectivity index (χ4n) is 1.52. The number of Topliss-reactive ketones (excluding diaryl/α,β-unsaturated/α-hetero) is 1. The summed E-state index contributed by atoms with van der Waals surface area (Å²) in [6, 6.07) is 8.86. The summed E-state index contributed by atoms with van der Waals surface area (Å²) in [6.07, 6.45) is 0.141. The van der Waals surface area contributed by atoms with Crippen molar-refractivity contribution in [3.63, 3.8) is 0 Å². The average Bonchev–Trinajstić information content (AvgIpc) is 2.42. The van der Waals surface area contributed by atoms with Gasteiger partial charge < -0.3 is 20.0 Å². The normalized spacial score (nSPS) is 11.7. The molecule has 5 nitrogen and oxygen atoms in total. The van der Waals surface area contributed by atoms with Gasteiger partial charge in [0.1, 0.15) is 12.4 Å². The van der Waals surface area contributed by atoms with Crippen LogP contribution in [0.5, 0.6) is 0 Å². The number of benzene rings is 1. The summed E-state index contributed by atoms with van der Waals surface area (Å²) in [5, 5.41) is 11.6. The maximum absolute atomic E-state index is 11.5. The number of carbonyl (C=O) groups is 2. The van der Waals surface area contributed by atoms with Crippen molar-refractivity contribution in [2.45, 2.75) is 32.4 Å². The molecular formula is C14H19NO4. The molecule has 0 aliphatic heterocycles. The predicted molar refractivity (Wildman–Crippen MR) is 70.6 cm³/mol. The molecule has 104 valence electrons. The third-order valence-corrected chi connectivity index (χ3v) is 2.60. The van der Waals surface area contributed by atoms with Gasteiger partial charge in [0.25, 0.3) is 0 Å². The first-order valence-corrected chi connectivity index (χ1v) is 6.19. The van der Waals surface area contributed by atoms with E-state index in [1.807, 2.05) is 30.3 Å². The number of aliphatic hydroxyl groups is 1. The van der Waals surface area contributed by atoms with Crippen LogP contribution in [-0.2, 0) is 16.1 Å². The Morgan fingerprint density at radius 1 is 1.32 bits per heavy atom. The zero-order valence-corrected chi connectivity index (χ0v) is 11.0. The Hall–Kier alpha value is -1.88. The number of hydrogen-bond donors (Lipinski definition) is 2. The van der Waals surface area contributed by atoms with Gasteiger partial charge in [-0.1, -0.05) is 30.3 Å². The van der Waals surface area contributed by atoms with Crippen LogP contribution in [0.2, 0.25) is 0 Å². The molecule has 0 aromatic heterocycles. The Balaban J connectivity index is 2.30. The van der Waals surface area contributed by atoms with Gasteiger partial charge in [-0.15, -0.1) is 0 Å². The molecule has 0 saturated heterocycles. The summed E-state index contributed by atoms with van der Waals surface area (Å²) in [4.78, 5) is 22.3. The first-order valence-electron chi connectivity index (χ1n) is 6.19. The molecule has 0 aliphatic rings. The van der Waals surface area contributed by atoms with Crippen molar-refractivity contribution in [1.82, 2.24) is 5.32 Å². The van der Waals surface area contributed by atoms with Crippen LogP contribution >= 0.6 is 0 Å². The van der Waals surface area contributed by atoms with Crippen molar-refractivity contribution in [1.29, 1.82) is 0 Å². The molecule has 0 fully saturated rings. The predicted octanol–water partition coefficient (Wildman–Crippen LogP) is 1.64. The molecule has 1 amide bonds. The van der Waals surface area contributed by atoms with Crippen molar-refractivity contribution in [3.05, 3.63) is 35.9 Å². The highest BCUT2D eigenvalue weighted by molar-refractivity contribution is 5.75. The van der Waals surface area contributed by atoms with E-state index < -0.39 is 12.1 Å². The van der Waals surface area contributed by atoms with Crippen molar-refractivity contribution in [2.24, 2.45) is 0 Å². The molecule has 0 heterocycles. The molecule has 19 heavy (non-hydrogen) atoms. The van der Waals surface area contributed by atoms with Crippen LogP contribution in [0.1, 0.15) is 25.3 Å². The zero-order chi connectivity index (χ0) is 14.1. The summed E-state index contributed by atoms with van der Waals surface area (Å²) in [7, 11) is 0. The SMILES string of the molecule is CC(=O)CC[C@@H](CO)NC(=O)OCc1ccccc1. The highest BCUT2D eigenvalue weighted by atomic mass is 16.5. The maximum atomic E-state index is 11.5. The van der Waals surface area contributed by atoms with Crippen molar-refractivity contribution in [3.8, 4) is 0 Å². The van der Waals surface area contributed by atoms with Crippen molar-refractivity contribution < 1.29 is 19.4 Å². The number of hydrogen-bond acceptors (Lipinski definition) is 4. The van der Waals surface area contributed by atoms with Gasteiger partial charge in [-0.05, 0) is 18.9 Å². The second-order valence-corrected chi connectivity index (χ2v) is 4.33. The van der Waals surface area contributed by atoms with E-state index in [1.165, 1.54) is 6.92 Å². The summed E-state index contributed by atoms with van der Waals surface area (Å²) in [5.74, 6) is 0.0258. The molecule has 1 aromatic carbocycles. The van der Waals surface area contributed by atoms with E-state index in [2.05, 4.69) is 5.32 Å². The van der Waals surface area contributed by atoms with Crippen LogP contribution in [-0.4, -0.2) is 29.6 Å². The number of nitrogens with one attached hydrogen (secondary N) is 1. The van der Waals surface area contributed by atoms with Crippen LogP contribution < -0.4 is 5.32 Å². The highest BCUT2D eigenvalue weighted by Crippen LogP contribution is 2.02. The lowest BCUT2D eigenvalue weighted by Gasteiger charge is -2.15. The van der Waals surface area contributed by atoms with E-state index in [0.29, 0.717) is 12.8 Å². The Morgan fingerprint density at radius 3 is 2.58 bits per heavy atom. The number of ketones is 1. The number of carbonyl (C=O) groups excluding carboxylic acids is 2. The van der Waals surface area contributed by atoms with E-state index >= 15 is 0 Å². The van der Waals surface area contributed by atoms with Gasteiger partial charge in [0, 0.05) is 6.42 Å². The minimum atomic E-state index is -0.591. The number of rotatable bonds is 7. The van der Waals surface area contributed by atoms with Gasteiger partial charge in [0.15, 0.2) is 0 Å². The smallest absolute Gasteiger partial charge is 0.407 e. The van der Waals surface area contributed by atoms with Crippen molar-refractivity contribution >= 4 is 11.9 Å². The summed E-state index contributed by atoms with van der Waals surface area (Å²) in [6.45, 7) is 1.44. The lowest BCUT2D eigenvalue weighted by Crippen LogP contribution is -2.38. The monoisotopic (exact) mass is 265 g/mol. The van der Waals surface area contributed by atoms with E-state index in [-0.39, 0.29) is 19.0 Å². The van der Waals surface area contributed by atoms with Gasteiger partial charge in [-0.25, -0.2) is 4.79 Å². The molecule has 5 heteroatoms. The summed E-state index contributed by atoms with van der Waals surface area (Å²) < 4.78 is 5.02. The van der Waals surface area contributed by atoms with Gasteiger partial charge in [0.05, 0.1) is 12.6 Å². The molecule has 0 bridgehead atoms. The molecule has 0 saturated carbocycles. The van der Waals surface area contributed by atoms with Gasteiger partial charge in [0.2, 0.25) is 0 Å². The molecule has 0 aliphatic carbocycles. The Kier molecular flexibility index (Phi) is 6.60. The summed E-state index contributed by atoms with van der Waals surface area (Å²) in [5.41, 5.74) is 0.891. The lowest BCUT2D eigenvalue weighted by molar-refractivity contribution is -0.117. The largest absolute Gasteiger partial charge is 0.445 e. The topological polar surface area (TPSA) is 75.6 Å². The van der Waals surface area contributed by atoms with Gasteiger partial charge >= 0.3 is 6.09 Å². The fourth-order valence-corrected chi connectivity index (χ4v) is 1.52. The zero-order valence-electron chi connectivity index (χ0n) is 11.0. The first kappa shape index (κ1) is 15.2. The molecule has 1 atom stereocenters. The van der Waals surface area contributed by atoms with Crippen LogP contribution in [0.3, 0.4) is 0 Å². The molecular weight excluding hydrogens is 246 g/mol. The molecule has 0 radical (unpaired) electrons. The van der Waals surface area contributed by atoms with Crippen molar-refractivity contribution in [2.75, 3.05) is 6.61 Å². The number of amides is 1. The van der Waals surface area contributed by atoms with E-state index in [4.69, 9.17) is 9.84 Å². The molecule has 0 spiro atoms. The Labute approximate surface area is 112 Å². The van der Waals surface area contributed by atoms with Gasteiger partial charge in [-0.2, -0.15) is 0 Å². The summed E-state index contributed by atoms with van der Waals surface area (Å²) >= 11 is 0. The standard InChI is InChI=1S/C14H19NO4/c1-11(17)7-8-13(9-16)15-14(18)19-10-12-5-3-2-4-6-12/h2-6,13,16H,7-10H2,1H3,(H,15,18)/t13-/m0/s1. The highest BCUT2D eigenvalue weighted by Gasteiger charge is 2.12. The number of aliphatic hydroxyl groups excluding tert-OH is 1. The lowest BCUT2D eigenvalue weighted by atomic mass is 10.1. The average molecular weight is 265 g/mol. The Bertz CT molecular complexity index is 405. The van der Waals surface area contributed by atoms with E-state index in [0.717, 1.165) is 5.56 Å². The fraction of sp³-hybridized carbons (Fsp3) is 0.429. The van der Waals surface area contributed by atoms with E-state index in [1.54, 1.807) is 0 Å². The van der Waals surface area contributed by atoms with E-state index in [9.17, 15) is 9.59 Å². The second-order valence-electron chi connectivity index (χ2n) is 4.33. The quantitative estimate of drug-likeness (QED) is 0.786. The maximum Gasteiger partial charge on any atom is 0.407 e. The minimum Gasteiger partial charge on any atom is -0.445 e. The number of alkyl carbamates (subject to hydrolysis) is 1. The second kappa shape index (κ2) is 8.26. The Morgan fingerprint density at radius 2 is 2.00 bits per heavy atom. The third-order valence-electron chi connectivity index (χ3n) is 2.60.